The Morgan fingerprint density at radius 1 is 1.39 bits per heavy atom. The lowest BCUT2D eigenvalue weighted by atomic mass is 10.2. The molecule has 0 radical (unpaired) electrons. The maximum absolute atomic E-state index is 13.3. The third-order valence-corrected chi connectivity index (χ3v) is 2.45. The Balaban J connectivity index is 2.23. The van der Waals surface area contributed by atoms with Gasteiger partial charge in [-0.25, -0.2) is 4.39 Å². The van der Waals surface area contributed by atoms with E-state index in [-0.39, 0.29) is 5.75 Å². The van der Waals surface area contributed by atoms with E-state index in [4.69, 9.17) is 9.15 Å². The van der Waals surface area contributed by atoms with Crippen LogP contribution in [0.5, 0.6) is 5.75 Å². The predicted molar refractivity (Wildman–Crippen MR) is 63.9 cm³/mol. The molecular weight excluding hydrogens is 237 g/mol. The summed E-state index contributed by atoms with van der Waals surface area (Å²) in [5.41, 5.74) is 0.636. The summed E-state index contributed by atoms with van der Waals surface area (Å²) in [5, 5.41) is 10.8. The van der Waals surface area contributed by atoms with Gasteiger partial charge in [0.05, 0.1) is 7.11 Å². The van der Waals surface area contributed by atoms with Gasteiger partial charge >= 0.3 is 0 Å². The average Bonchev–Trinajstić information content (AvgIpc) is 2.85. The fourth-order valence-electron chi connectivity index (χ4n) is 1.50. The maximum atomic E-state index is 13.3. The SMILES string of the molecule is CNCCc1nnc(-c2ccc(F)c(OC)c2)o1. The summed E-state index contributed by atoms with van der Waals surface area (Å²) in [6, 6.07) is 4.42. The number of likely N-dealkylation sites (N-methyl/N-ethyl adjacent to an activating group) is 1. The van der Waals surface area contributed by atoms with Crippen molar-refractivity contribution in [2.24, 2.45) is 0 Å². The second-order valence-corrected chi connectivity index (χ2v) is 3.70. The number of aromatic nitrogens is 2. The molecule has 18 heavy (non-hydrogen) atoms. The van der Waals surface area contributed by atoms with Gasteiger partial charge in [0.2, 0.25) is 11.8 Å². The minimum Gasteiger partial charge on any atom is -0.494 e. The Morgan fingerprint density at radius 2 is 2.22 bits per heavy atom. The molecule has 5 nitrogen and oxygen atoms in total. The first kappa shape index (κ1) is 12.5. The minimum atomic E-state index is -0.420. The highest BCUT2D eigenvalue weighted by Crippen LogP contribution is 2.25. The number of nitrogens with zero attached hydrogens (tertiary/aromatic N) is 2. The molecule has 2 aromatic rings. The molecule has 0 atom stereocenters. The van der Waals surface area contributed by atoms with Crippen LogP contribution in [0.1, 0.15) is 5.89 Å². The fraction of sp³-hybridized carbons (Fsp3) is 0.333. The molecule has 0 saturated heterocycles. The minimum absolute atomic E-state index is 0.155. The van der Waals surface area contributed by atoms with E-state index in [1.807, 2.05) is 7.05 Å². The third-order valence-electron chi connectivity index (χ3n) is 2.45. The number of hydrogen-bond donors (Lipinski definition) is 1. The normalized spacial score (nSPS) is 10.6. The van der Waals surface area contributed by atoms with E-state index in [0.29, 0.717) is 23.8 Å². The van der Waals surface area contributed by atoms with Crippen molar-refractivity contribution in [3.05, 3.63) is 29.9 Å². The van der Waals surface area contributed by atoms with Gasteiger partial charge in [0, 0.05) is 18.5 Å². The Hall–Kier alpha value is -1.95. The van der Waals surface area contributed by atoms with Crippen molar-refractivity contribution < 1.29 is 13.5 Å². The summed E-state index contributed by atoms with van der Waals surface area (Å²) in [5.74, 6) is 0.640. The van der Waals surface area contributed by atoms with E-state index < -0.39 is 5.82 Å². The van der Waals surface area contributed by atoms with Gasteiger partial charge in [-0.1, -0.05) is 0 Å². The molecule has 1 aromatic carbocycles. The van der Waals surface area contributed by atoms with Crippen molar-refractivity contribution >= 4 is 0 Å². The van der Waals surface area contributed by atoms with Gasteiger partial charge in [0.15, 0.2) is 11.6 Å². The molecule has 6 heteroatoms. The summed E-state index contributed by atoms with van der Waals surface area (Å²) in [4.78, 5) is 0. The molecule has 1 N–H and O–H groups in total. The molecule has 0 aliphatic rings. The summed E-state index contributed by atoms with van der Waals surface area (Å²) in [7, 11) is 3.26. The molecule has 96 valence electrons. The third kappa shape index (κ3) is 2.65. The largest absolute Gasteiger partial charge is 0.494 e. The molecule has 0 bridgehead atoms. The second kappa shape index (κ2) is 5.59. The molecule has 0 fully saturated rings. The van der Waals surface area contributed by atoms with Crippen LogP contribution in [0.25, 0.3) is 11.5 Å². The van der Waals surface area contributed by atoms with Crippen LogP contribution >= 0.6 is 0 Å². The van der Waals surface area contributed by atoms with E-state index in [9.17, 15) is 4.39 Å². The average molecular weight is 251 g/mol. The maximum Gasteiger partial charge on any atom is 0.247 e. The summed E-state index contributed by atoms with van der Waals surface area (Å²) >= 11 is 0. The number of benzene rings is 1. The first-order chi connectivity index (χ1) is 8.74. The summed E-state index contributed by atoms with van der Waals surface area (Å²) < 4.78 is 23.6. The van der Waals surface area contributed by atoms with Crippen molar-refractivity contribution in [3.63, 3.8) is 0 Å². The number of methoxy groups -OCH3 is 1. The molecule has 2 rings (SSSR count). The van der Waals surface area contributed by atoms with Crippen LogP contribution in [0.2, 0.25) is 0 Å². The topological polar surface area (TPSA) is 60.2 Å². The molecule has 0 saturated carbocycles. The highest BCUT2D eigenvalue weighted by atomic mass is 19.1. The molecule has 0 aliphatic carbocycles. The van der Waals surface area contributed by atoms with Crippen LogP contribution in [0.15, 0.2) is 22.6 Å². The monoisotopic (exact) mass is 251 g/mol. The van der Waals surface area contributed by atoms with Crippen LogP contribution < -0.4 is 10.1 Å². The standard InChI is InChI=1S/C12H14FN3O2/c1-14-6-5-11-15-16-12(18-11)8-3-4-9(13)10(7-8)17-2/h3-4,7,14H,5-6H2,1-2H3. The van der Waals surface area contributed by atoms with E-state index >= 15 is 0 Å². The number of nitrogens with one attached hydrogen (secondary N) is 1. The highest BCUT2D eigenvalue weighted by molar-refractivity contribution is 5.55. The lowest BCUT2D eigenvalue weighted by Gasteiger charge is -2.02. The Labute approximate surface area is 104 Å². The van der Waals surface area contributed by atoms with Crippen LogP contribution in [-0.2, 0) is 6.42 Å². The lowest BCUT2D eigenvalue weighted by molar-refractivity contribution is 0.386. The van der Waals surface area contributed by atoms with Gasteiger partial charge in [0.25, 0.3) is 0 Å². The van der Waals surface area contributed by atoms with Crippen molar-refractivity contribution in [2.45, 2.75) is 6.42 Å². The number of halogens is 1. The second-order valence-electron chi connectivity index (χ2n) is 3.70. The molecule has 0 spiro atoms. The molecule has 0 unspecified atom stereocenters. The lowest BCUT2D eigenvalue weighted by Crippen LogP contribution is -2.10. The van der Waals surface area contributed by atoms with Crippen LogP contribution in [0.3, 0.4) is 0 Å². The molecule has 0 amide bonds. The Morgan fingerprint density at radius 3 is 2.94 bits per heavy atom. The quantitative estimate of drug-likeness (QED) is 0.875. The van der Waals surface area contributed by atoms with Crippen LogP contribution in [0, 0.1) is 5.82 Å². The van der Waals surface area contributed by atoms with Crippen molar-refractivity contribution in [2.75, 3.05) is 20.7 Å². The van der Waals surface area contributed by atoms with Gasteiger partial charge in [-0.3, -0.25) is 0 Å². The zero-order valence-corrected chi connectivity index (χ0v) is 10.2. The van der Waals surface area contributed by atoms with E-state index in [1.54, 1.807) is 6.07 Å². The predicted octanol–water partition coefficient (Wildman–Crippen LogP) is 1.65. The van der Waals surface area contributed by atoms with Crippen LogP contribution in [-0.4, -0.2) is 30.9 Å². The van der Waals surface area contributed by atoms with Crippen molar-refractivity contribution in [1.82, 2.24) is 15.5 Å². The first-order valence-corrected chi connectivity index (χ1v) is 5.55. The summed E-state index contributed by atoms with van der Waals surface area (Å²) in [6.07, 6.45) is 0.655. The summed E-state index contributed by atoms with van der Waals surface area (Å²) in [6.45, 7) is 0.758. The zero-order chi connectivity index (χ0) is 13.0. The van der Waals surface area contributed by atoms with Gasteiger partial charge in [-0.15, -0.1) is 10.2 Å². The number of hydrogen-bond acceptors (Lipinski definition) is 5. The molecule has 1 heterocycles. The molecular formula is C12H14FN3O2. The Bertz CT molecular complexity index is 528. The first-order valence-electron chi connectivity index (χ1n) is 5.55. The van der Waals surface area contributed by atoms with E-state index in [0.717, 1.165) is 6.54 Å². The van der Waals surface area contributed by atoms with Crippen LogP contribution in [0.4, 0.5) is 4.39 Å². The van der Waals surface area contributed by atoms with Crippen molar-refractivity contribution in [1.29, 1.82) is 0 Å². The zero-order valence-electron chi connectivity index (χ0n) is 10.2. The van der Waals surface area contributed by atoms with Crippen molar-refractivity contribution in [3.8, 4) is 17.2 Å². The Kier molecular flexibility index (Phi) is 3.88. The highest BCUT2D eigenvalue weighted by Gasteiger charge is 2.11. The van der Waals surface area contributed by atoms with Gasteiger partial charge in [-0.05, 0) is 25.2 Å². The van der Waals surface area contributed by atoms with Gasteiger partial charge < -0.3 is 14.5 Å². The fourth-order valence-corrected chi connectivity index (χ4v) is 1.50. The molecule has 1 aromatic heterocycles. The number of rotatable bonds is 5. The van der Waals surface area contributed by atoms with E-state index in [2.05, 4.69) is 15.5 Å². The van der Waals surface area contributed by atoms with E-state index in [1.165, 1.54) is 19.2 Å². The smallest absolute Gasteiger partial charge is 0.247 e. The van der Waals surface area contributed by atoms with Gasteiger partial charge in [-0.2, -0.15) is 0 Å². The number of ether oxygens (including phenoxy) is 1. The van der Waals surface area contributed by atoms with Gasteiger partial charge in [0.1, 0.15) is 0 Å². The molecule has 0 aliphatic heterocycles.